The summed E-state index contributed by atoms with van der Waals surface area (Å²) in [5.41, 5.74) is 1.34. The van der Waals surface area contributed by atoms with Crippen LogP contribution in [-0.4, -0.2) is 14.6 Å². The van der Waals surface area contributed by atoms with Gasteiger partial charge >= 0.3 is 0 Å². The highest BCUT2D eigenvalue weighted by Crippen LogP contribution is 2.47. The van der Waals surface area contributed by atoms with Crippen LogP contribution in [0.25, 0.3) is 0 Å². The lowest BCUT2D eigenvalue weighted by molar-refractivity contribution is 0.403. The molecule has 0 fully saturated rings. The summed E-state index contributed by atoms with van der Waals surface area (Å²) in [6, 6.07) is 0. The molecule has 0 unspecified atom stereocenters. The van der Waals surface area contributed by atoms with Crippen LogP contribution in [-0.2, 0) is 13.1 Å². The second-order valence-electron chi connectivity index (χ2n) is 3.06. The second-order valence-corrected chi connectivity index (χ2v) is 4.30. The van der Waals surface area contributed by atoms with Gasteiger partial charge in [0, 0.05) is 13.1 Å². The van der Waals surface area contributed by atoms with E-state index in [4.69, 9.17) is 35.0 Å². The molecule has 1 aromatic carbocycles. The van der Waals surface area contributed by atoms with E-state index in [-0.39, 0.29) is 21.5 Å². The lowest BCUT2D eigenvalue weighted by Gasteiger charge is -2.08. The molecule has 1 aliphatic heterocycles. The maximum Gasteiger partial charge on any atom is 0.178 e. The predicted molar refractivity (Wildman–Crippen MR) is 54.9 cm³/mol. The molecule has 0 saturated heterocycles. The molecule has 76 valence electrons. The summed E-state index contributed by atoms with van der Waals surface area (Å²) in [6.45, 7) is 0.812. The first-order valence-electron chi connectivity index (χ1n) is 3.83. The van der Waals surface area contributed by atoms with Gasteiger partial charge in [-0.15, -0.1) is 0 Å². The van der Waals surface area contributed by atoms with Crippen molar-refractivity contribution < 1.29 is 10.2 Å². The van der Waals surface area contributed by atoms with Gasteiger partial charge in [0.05, 0.1) is 10.0 Å². The highest BCUT2D eigenvalue weighted by Gasteiger charge is 2.28. The third-order valence-corrected chi connectivity index (χ3v) is 3.25. The highest BCUT2D eigenvalue weighted by atomic mass is 35.5. The number of rotatable bonds is 0. The van der Waals surface area contributed by atoms with E-state index in [1.807, 2.05) is 0 Å². The van der Waals surface area contributed by atoms with Gasteiger partial charge in [0.2, 0.25) is 0 Å². The molecule has 14 heavy (non-hydrogen) atoms. The van der Waals surface area contributed by atoms with Crippen LogP contribution >= 0.6 is 35.0 Å². The van der Waals surface area contributed by atoms with Crippen molar-refractivity contribution in [2.24, 2.45) is 0 Å². The van der Waals surface area contributed by atoms with Crippen LogP contribution in [0, 0.1) is 0 Å². The summed E-state index contributed by atoms with van der Waals surface area (Å²) >= 11 is 17.4. The van der Waals surface area contributed by atoms with Crippen molar-refractivity contribution in [3.63, 3.8) is 0 Å². The van der Waals surface area contributed by atoms with E-state index in [1.54, 1.807) is 0 Å². The number of fused-ring (bicyclic) bond motifs is 1. The molecule has 2 rings (SSSR count). The zero-order chi connectivity index (χ0) is 10.5. The molecule has 2 N–H and O–H groups in total. The largest absolute Gasteiger partial charge is 0.503 e. The molecule has 0 radical (unpaired) electrons. The number of aromatic hydroxyl groups is 2. The lowest BCUT2D eigenvalue weighted by atomic mass is 10.1. The number of hydrogen-bond donors (Lipinski definition) is 2. The first-order valence-corrected chi connectivity index (χ1v) is 4.93. The van der Waals surface area contributed by atoms with Crippen molar-refractivity contribution in [2.45, 2.75) is 13.1 Å². The average Bonchev–Trinajstić information content (AvgIpc) is 2.54. The fraction of sp³-hybridized carbons (Fsp3) is 0.250. The van der Waals surface area contributed by atoms with Gasteiger partial charge < -0.3 is 10.2 Å². The number of phenols is 2. The van der Waals surface area contributed by atoms with Gasteiger partial charge in [-0.05, 0) is 22.9 Å². The van der Waals surface area contributed by atoms with E-state index in [0.29, 0.717) is 24.2 Å². The van der Waals surface area contributed by atoms with Crippen LogP contribution in [0.4, 0.5) is 0 Å². The molecular weight excluding hydrogens is 248 g/mol. The molecule has 0 aliphatic carbocycles. The highest BCUT2D eigenvalue weighted by molar-refractivity contribution is 6.37. The number of halogens is 3. The first kappa shape index (κ1) is 10.2. The maximum absolute atomic E-state index is 9.41. The molecule has 1 heterocycles. The zero-order valence-electron chi connectivity index (χ0n) is 6.89. The van der Waals surface area contributed by atoms with Gasteiger partial charge in [0.1, 0.15) is 0 Å². The Morgan fingerprint density at radius 2 is 1.29 bits per heavy atom. The molecule has 0 bridgehead atoms. The van der Waals surface area contributed by atoms with E-state index in [0.717, 1.165) is 0 Å². The van der Waals surface area contributed by atoms with E-state index < -0.39 is 0 Å². The van der Waals surface area contributed by atoms with Gasteiger partial charge in [0.25, 0.3) is 0 Å². The van der Waals surface area contributed by atoms with E-state index >= 15 is 0 Å². The van der Waals surface area contributed by atoms with E-state index in [2.05, 4.69) is 0 Å². The molecule has 3 nitrogen and oxygen atoms in total. The molecule has 0 aromatic heterocycles. The average molecular weight is 254 g/mol. The van der Waals surface area contributed by atoms with Crippen molar-refractivity contribution in [2.75, 3.05) is 0 Å². The molecule has 0 atom stereocenters. The zero-order valence-corrected chi connectivity index (χ0v) is 9.16. The van der Waals surface area contributed by atoms with E-state index in [1.165, 1.54) is 4.42 Å². The van der Waals surface area contributed by atoms with Crippen LogP contribution < -0.4 is 0 Å². The fourth-order valence-corrected chi connectivity index (χ4v) is 2.25. The summed E-state index contributed by atoms with van der Waals surface area (Å²) < 4.78 is 1.47. The van der Waals surface area contributed by atoms with Gasteiger partial charge in [-0.25, -0.2) is 4.42 Å². The molecule has 6 heteroatoms. The predicted octanol–water partition coefficient (Wildman–Crippen LogP) is 2.87. The van der Waals surface area contributed by atoms with Crippen molar-refractivity contribution in [1.82, 2.24) is 4.42 Å². The van der Waals surface area contributed by atoms with Crippen molar-refractivity contribution in [1.29, 1.82) is 0 Å². The molecule has 0 spiro atoms. The molecule has 0 amide bonds. The monoisotopic (exact) mass is 253 g/mol. The van der Waals surface area contributed by atoms with Gasteiger partial charge in [-0.2, -0.15) is 0 Å². The summed E-state index contributed by atoms with van der Waals surface area (Å²) in [6.07, 6.45) is 0. The second kappa shape index (κ2) is 3.35. The summed E-state index contributed by atoms with van der Waals surface area (Å²) in [4.78, 5) is 0. The minimum atomic E-state index is -0.387. The Morgan fingerprint density at radius 3 is 1.64 bits per heavy atom. The Kier molecular flexibility index (Phi) is 2.43. The quantitative estimate of drug-likeness (QED) is 0.553. The summed E-state index contributed by atoms with van der Waals surface area (Å²) in [5.74, 6) is -0.773. The van der Waals surface area contributed by atoms with Crippen molar-refractivity contribution in [3.05, 3.63) is 21.2 Å². The van der Waals surface area contributed by atoms with Gasteiger partial charge in [-0.3, -0.25) is 0 Å². The minimum Gasteiger partial charge on any atom is -0.503 e. The third kappa shape index (κ3) is 1.32. The normalized spacial score (nSPS) is 15.9. The lowest BCUT2D eigenvalue weighted by Crippen LogP contribution is -1.99. The molecular formula is C8H6Cl3NO2. The standard InChI is InChI=1S/C8H6Cl3NO2/c9-5-3-1-12(11)2-4(3)6(10)8(14)7(5)13/h13-14H,1-2H2. The Hall–Kier alpha value is -0.350. The Balaban J connectivity index is 2.70. The topological polar surface area (TPSA) is 43.7 Å². The number of phenolic OH excluding ortho intramolecular Hbond substituents is 2. The summed E-state index contributed by atoms with van der Waals surface area (Å²) in [7, 11) is 0. The van der Waals surface area contributed by atoms with Crippen LogP contribution in [0.1, 0.15) is 11.1 Å². The van der Waals surface area contributed by atoms with Crippen LogP contribution in [0.5, 0.6) is 11.5 Å². The Morgan fingerprint density at radius 1 is 0.929 bits per heavy atom. The maximum atomic E-state index is 9.41. The number of nitrogens with zero attached hydrogens (tertiary/aromatic N) is 1. The molecule has 0 saturated carbocycles. The number of benzene rings is 1. The van der Waals surface area contributed by atoms with Crippen molar-refractivity contribution >= 4 is 35.0 Å². The Labute approximate surface area is 95.5 Å². The number of hydrogen-bond acceptors (Lipinski definition) is 3. The van der Waals surface area contributed by atoms with Gasteiger partial charge in [0.15, 0.2) is 11.5 Å². The van der Waals surface area contributed by atoms with Crippen LogP contribution in [0.15, 0.2) is 0 Å². The van der Waals surface area contributed by atoms with Crippen LogP contribution in [0.2, 0.25) is 10.0 Å². The van der Waals surface area contributed by atoms with Crippen LogP contribution in [0.3, 0.4) is 0 Å². The first-order chi connectivity index (χ1) is 6.52. The minimum absolute atomic E-state index is 0.116. The Bertz CT molecular complexity index is 371. The fourth-order valence-electron chi connectivity index (χ4n) is 1.49. The summed E-state index contributed by atoms with van der Waals surface area (Å²) in [5, 5.41) is 19.1. The SMILES string of the molecule is Oc1c(O)c(Cl)c2c(c1Cl)CN(Cl)C2. The van der Waals surface area contributed by atoms with E-state index in [9.17, 15) is 10.2 Å². The molecule has 1 aromatic rings. The van der Waals surface area contributed by atoms with Gasteiger partial charge in [-0.1, -0.05) is 23.2 Å². The third-order valence-electron chi connectivity index (χ3n) is 2.19. The molecule has 1 aliphatic rings. The smallest absolute Gasteiger partial charge is 0.178 e. The van der Waals surface area contributed by atoms with Crippen molar-refractivity contribution in [3.8, 4) is 11.5 Å².